The van der Waals surface area contributed by atoms with Crippen LogP contribution in [-0.4, -0.2) is 26.0 Å². The lowest BCUT2D eigenvalue weighted by Crippen LogP contribution is -2.18. The van der Waals surface area contributed by atoms with E-state index in [4.69, 9.17) is 4.42 Å². The first-order valence-corrected chi connectivity index (χ1v) is 11.7. The SMILES string of the molecule is CCCS(=O)(=O)Nc1cccc(NC(=O)c2ccc(C)c(NC(=O)c3ccco3)c2)c1C. The molecule has 0 unspecified atom stereocenters. The molecule has 0 atom stereocenters. The number of amides is 2. The second kappa shape index (κ2) is 9.69. The first-order valence-electron chi connectivity index (χ1n) is 10.1. The van der Waals surface area contributed by atoms with Gasteiger partial charge in [-0.1, -0.05) is 19.1 Å². The molecule has 0 fully saturated rings. The Bertz CT molecular complexity index is 1230. The van der Waals surface area contributed by atoms with E-state index in [1.165, 1.54) is 6.26 Å². The van der Waals surface area contributed by atoms with Gasteiger partial charge in [0, 0.05) is 16.9 Å². The summed E-state index contributed by atoms with van der Waals surface area (Å²) in [6, 6.07) is 13.1. The van der Waals surface area contributed by atoms with Crippen LogP contribution in [0.15, 0.2) is 59.2 Å². The highest BCUT2D eigenvalue weighted by molar-refractivity contribution is 7.92. The molecule has 168 valence electrons. The molecule has 8 nitrogen and oxygen atoms in total. The number of nitrogens with one attached hydrogen (secondary N) is 3. The number of anilines is 3. The van der Waals surface area contributed by atoms with Crippen LogP contribution >= 0.6 is 0 Å². The Morgan fingerprint density at radius 3 is 2.31 bits per heavy atom. The number of benzene rings is 2. The molecular weight excluding hydrogens is 430 g/mol. The molecular formula is C23H25N3O5S. The minimum absolute atomic E-state index is 0.0128. The highest BCUT2D eigenvalue weighted by atomic mass is 32.2. The van der Waals surface area contributed by atoms with Crippen LogP contribution in [0.4, 0.5) is 17.1 Å². The van der Waals surface area contributed by atoms with Crippen LogP contribution in [0.2, 0.25) is 0 Å². The van der Waals surface area contributed by atoms with Gasteiger partial charge in [-0.15, -0.1) is 0 Å². The van der Waals surface area contributed by atoms with Crippen molar-refractivity contribution in [2.45, 2.75) is 27.2 Å². The van der Waals surface area contributed by atoms with Crippen molar-refractivity contribution >= 4 is 38.9 Å². The summed E-state index contributed by atoms with van der Waals surface area (Å²) in [4.78, 5) is 25.1. The smallest absolute Gasteiger partial charge is 0.291 e. The van der Waals surface area contributed by atoms with Crippen molar-refractivity contribution in [1.82, 2.24) is 0 Å². The van der Waals surface area contributed by atoms with E-state index < -0.39 is 21.8 Å². The molecule has 2 amide bonds. The number of hydrogen-bond donors (Lipinski definition) is 3. The fraction of sp³-hybridized carbons (Fsp3) is 0.217. The highest BCUT2D eigenvalue weighted by Crippen LogP contribution is 2.26. The van der Waals surface area contributed by atoms with Crippen molar-refractivity contribution in [2.75, 3.05) is 21.1 Å². The highest BCUT2D eigenvalue weighted by Gasteiger charge is 2.16. The normalized spacial score (nSPS) is 11.1. The molecule has 0 radical (unpaired) electrons. The quantitative estimate of drug-likeness (QED) is 0.460. The molecule has 1 aromatic heterocycles. The molecule has 0 aliphatic carbocycles. The van der Waals surface area contributed by atoms with Gasteiger partial charge in [-0.25, -0.2) is 8.42 Å². The van der Waals surface area contributed by atoms with E-state index in [1.54, 1.807) is 62.4 Å². The van der Waals surface area contributed by atoms with E-state index in [1.807, 2.05) is 6.92 Å². The van der Waals surface area contributed by atoms with E-state index in [9.17, 15) is 18.0 Å². The molecule has 0 saturated heterocycles. The number of aryl methyl sites for hydroxylation is 1. The molecule has 3 N–H and O–H groups in total. The van der Waals surface area contributed by atoms with Crippen LogP contribution in [0, 0.1) is 13.8 Å². The average molecular weight is 456 g/mol. The average Bonchev–Trinajstić information content (AvgIpc) is 3.27. The van der Waals surface area contributed by atoms with E-state index in [2.05, 4.69) is 15.4 Å². The molecule has 3 rings (SSSR count). The summed E-state index contributed by atoms with van der Waals surface area (Å²) in [6.07, 6.45) is 1.90. The van der Waals surface area contributed by atoms with E-state index in [-0.39, 0.29) is 11.5 Å². The van der Waals surface area contributed by atoms with Gasteiger partial charge in [-0.2, -0.15) is 0 Å². The lowest BCUT2D eigenvalue weighted by Gasteiger charge is -2.15. The van der Waals surface area contributed by atoms with Gasteiger partial charge in [0.15, 0.2) is 5.76 Å². The lowest BCUT2D eigenvalue weighted by atomic mass is 10.1. The Kier molecular flexibility index (Phi) is 6.99. The summed E-state index contributed by atoms with van der Waals surface area (Å²) in [6.45, 7) is 5.33. The summed E-state index contributed by atoms with van der Waals surface area (Å²) in [5, 5.41) is 5.55. The van der Waals surface area contributed by atoms with E-state index in [0.29, 0.717) is 34.6 Å². The number of furan rings is 1. The fourth-order valence-corrected chi connectivity index (χ4v) is 4.25. The van der Waals surface area contributed by atoms with Gasteiger partial charge in [0.05, 0.1) is 17.7 Å². The topological polar surface area (TPSA) is 118 Å². The van der Waals surface area contributed by atoms with Crippen LogP contribution in [-0.2, 0) is 10.0 Å². The van der Waals surface area contributed by atoms with Gasteiger partial charge < -0.3 is 15.1 Å². The minimum atomic E-state index is -3.46. The zero-order valence-electron chi connectivity index (χ0n) is 18.1. The van der Waals surface area contributed by atoms with Gasteiger partial charge in [0.2, 0.25) is 10.0 Å². The second-order valence-corrected chi connectivity index (χ2v) is 9.16. The first kappa shape index (κ1) is 23.1. The molecule has 9 heteroatoms. The largest absolute Gasteiger partial charge is 0.459 e. The summed E-state index contributed by atoms with van der Waals surface area (Å²) < 4.78 is 31.9. The summed E-state index contributed by atoms with van der Waals surface area (Å²) in [5.41, 5.74) is 3.09. The zero-order valence-corrected chi connectivity index (χ0v) is 18.9. The molecule has 1 heterocycles. The summed E-state index contributed by atoms with van der Waals surface area (Å²) >= 11 is 0. The van der Waals surface area contributed by atoms with Crippen LogP contribution in [0.3, 0.4) is 0 Å². The molecule has 0 saturated carbocycles. The van der Waals surface area contributed by atoms with Crippen LogP contribution in [0.5, 0.6) is 0 Å². The van der Waals surface area contributed by atoms with E-state index >= 15 is 0 Å². The van der Waals surface area contributed by atoms with Gasteiger partial charge in [0.25, 0.3) is 11.8 Å². The molecule has 3 aromatic rings. The maximum atomic E-state index is 12.9. The van der Waals surface area contributed by atoms with Gasteiger partial charge in [-0.05, 0) is 67.8 Å². The van der Waals surface area contributed by atoms with Gasteiger partial charge >= 0.3 is 0 Å². The molecule has 0 bridgehead atoms. The minimum Gasteiger partial charge on any atom is -0.459 e. The van der Waals surface area contributed by atoms with Gasteiger partial charge in [-0.3, -0.25) is 14.3 Å². The summed E-state index contributed by atoms with van der Waals surface area (Å²) in [7, 11) is -3.46. The predicted molar refractivity (Wildman–Crippen MR) is 125 cm³/mol. The van der Waals surface area contributed by atoms with Gasteiger partial charge in [0.1, 0.15) is 0 Å². The number of rotatable bonds is 8. The van der Waals surface area contributed by atoms with Crippen molar-refractivity contribution in [2.24, 2.45) is 0 Å². The molecule has 2 aromatic carbocycles. The molecule has 0 spiro atoms. The van der Waals surface area contributed by atoms with Crippen LogP contribution in [0.25, 0.3) is 0 Å². The number of hydrogen-bond acceptors (Lipinski definition) is 5. The lowest BCUT2D eigenvalue weighted by molar-refractivity contribution is 0.0993. The van der Waals surface area contributed by atoms with Crippen molar-refractivity contribution in [3.8, 4) is 0 Å². The summed E-state index contributed by atoms with van der Waals surface area (Å²) in [5.74, 6) is -0.634. The Hall–Kier alpha value is -3.59. The third-order valence-corrected chi connectivity index (χ3v) is 6.29. The second-order valence-electron chi connectivity index (χ2n) is 7.31. The van der Waals surface area contributed by atoms with E-state index in [0.717, 1.165) is 5.56 Å². The molecule has 0 aliphatic heterocycles. The Labute approximate surface area is 187 Å². The fourth-order valence-electron chi connectivity index (χ4n) is 3.05. The third kappa shape index (κ3) is 5.55. The standard InChI is InChI=1S/C23H25N3O5S/c1-4-13-32(29,30)26-19-8-5-7-18(16(19)3)24-22(27)17-11-10-15(2)20(14-17)25-23(28)21-9-6-12-31-21/h5-12,14,26H,4,13H2,1-3H3,(H,24,27)(H,25,28). The number of carbonyl (C=O) groups is 2. The van der Waals surface area contributed by atoms with Crippen molar-refractivity contribution in [3.05, 3.63) is 77.2 Å². The number of carbonyl (C=O) groups excluding carboxylic acids is 2. The maximum Gasteiger partial charge on any atom is 0.291 e. The Morgan fingerprint density at radius 1 is 0.906 bits per heavy atom. The zero-order chi connectivity index (χ0) is 23.3. The maximum absolute atomic E-state index is 12.9. The number of sulfonamides is 1. The van der Waals surface area contributed by atoms with Crippen molar-refractivity contribution in [1.29, 1.82) is 0 Å². The Balaban J connectivity index is 1.79. The Morgan fingerprint density at radius 2 is 1.62 bits per heavy atom. The third-order valence-electron chi connectivity index (χ3n) is 4.81. The van der Waals surface area contributed by atoms with Crippen molar-refractivity contribution < 1.29 is 22.4 Å². The molecule has 0 aliphatic rings. The van der Waals surface area contributed by atoms with Crippen LogP contribution < -0.4 is 15.4 Å². The van der Waals surface area contributed by atoms with Crippen LogP contribution in [0.1, 0.15) is 45.4 Å². The molecule has 32 heavy (non-hydrogen) atoms. The monoisotopic (exact) mass is 455 g/mol. The van der Waals surface area contributed by atoms with Crippen molar-refractivity contribution in [3.63, 3.8) is 0 Å². The predicted octanol–water partition coefficient (Wildman–Crippen LogP) is 4.55. The first-order chi connectivity index (χ1) is 15.2.